The molecule has 3 heterocycles. The molecule has 1 unspecified atom stereocenters. The Labute approximate surface area is 117 Å². The Balaban J connectivity index is 1.48. The third kappa shape index (κ3) is 3.23. The predicted molar refractivity (Wildman–Crippen MR) is 75.5 cm³/mol. The summed E-state index contributed by atoms with van der Waals surface area (Å²) in [5, 5.41) is 5.48. The van der Waals surface area contributed by atoms with Crippen LogP contribution in [0.3, 0.4) is 0 Å². The van der Waals surface area contributed by atoms with Gasteiger partial charge in [-0.05, 0) is 23.4 Å². The average Bonchev–Trinajstić information content (AvgIpc) is 2.93. The van der Waals surface area contributed by atoms with Crippen molar-refractivity contribution in [2.75, 3.05) is 32.8 Å². The maximum atomic E-state index is 12.3. The summed E-state index contributed by atoms with van der Waals surface area (Å²) in [6, 6.07) is 2.17. The monoisotopic (exact) mass is 280 g/mol. The SMILES string of the molecule is O=C(CCN1CCOCC1)C1Cc2ccsc2CN1. The smallest absolute Gasteiger partial charge is 0.151 e. The van der Waals surface area contributed by atoms with E-state index in [1.807, 2.05) is 0 Å². The molecular weight excluding hydrogens is 260 g/mol. The van der Waals surface area contributed by atoms with Crippen LogP contribution in [0.25, 0.3) is 0 Å². The van der Waals surface area contributed by atoms with Crippen LogP contribution in [0.1, 0.15) is 16.9 Å². The highest BCUT2D eigenvalue weighted by Crippen LogP contribution is 2.22. The number of hydrogen-bond acceptors (Lipinski definition) is 5. The molecule has 2 aliphatic rings. The van der Waals surface area contributed by atoms with Crippen LogP contribution in [-0.2, 0) is 22.5 Å². The molecule has 0 bridgehead atoms. The van der Waals surface area contributed by atoms with Crippen molar-refractivity contribution in [2.24, 2.45) is 0 Å². The molecule has 1 aromatic heterocycles. The highest BCUT2D eigenvalue weighted by molar-refractivity contribution is 7.10. The van der Waals surface area contributed by atoms with Crippen molar-refractivity contribution in [3.8, 4) is 0 Å². The van der Waals surface area contributed by atoms with E-state index >= 15 is 0 Å². The standard InChI is InChI=1S/C14H20N2O2S/c17-13(1-3-16-4-6-18-7-5-16)12-9-11-2-8-19-14(11)10-15-12/h2,8,12,15H,1,3-7,9-10H2. The molecule has 1 N–H and O–H groups in total. The second-order valence-electron chi connectivity index (χ2n) is 5.18. The number of hydrogen-bond donors (Lipinski definition) is 1. The van der Waals surface area contributed by atoms with Gasteiger partial charge in [0.15, 0.2) is 5.78 Å². The van der Waals surface area contributed by atoms with Gasteiger partial charge in [-0.25, -0.2) is 0 Å². The fraction of sp³-hybridized carbons (Fsp3) is 0.643. The Morgan fingerprint density at radius 1 is 1.47 bits per heavy atom. The zero-order valence-corrected chi connectivity index (χ0v) is 11.9. The topological polar surface area (TPSA) is 41.6 Å². The Morgan fingerprint density at radius 3 is 3.16 bits per heavy atom. The van der Waals surface area contributed by atoms with E-state index in [0.717, 1.165) is 45.8 Å². The van der Waals surface area contributed by atoms with Crippen molar-refractivity contribution in [2.45, 2.75) is 25.4 Å². The van der Waals surface area contributed by atoms with Gasteiger partial charge in [0.25, 0.3) is 0 Å². The molecule has 1 saturated heterocycles. The minimum absolute atomic E-state index is 0.0168. The molecule has 104 valence electrons. The number of morpholine rings is 1. The Bertz CT molecular complexity index is 440. The summed E-state index contributed by atoms with van der Waals surface area (Å²) in [7, 11) is 0. The van der Waals surface area contributed by atoms with Crippen LogP contribution >= 0.6 is 11.3 Å². The van der Waals surface area contributed by atoms with Gasteiger partial charge in [0, 0.05) is 37.5 Å². The lowest BCUT2D eigenvalue weighted by Crippen LogP contribution is -2.43. The number of carbonyl (C=O) groups excluding carboxylic acids is 1. The van der Waals surface area contributed by atoms with Gasteiger partial charge >= 0.3 is 0 Å². The summed E-state index contributed by atoms with van der Waals surface area (Å²) >= 11 is 1.78. The molecule has 2 aliphatic heterocycles. The maximum absolute atomic E-state index is 12.3. The van der Waals surface area contributed by atoms with Crippen LogP contribution in [0.4, 0.5) is 0 Å². The third-order valence-corrected chi connectivity index (χ3v) is 4.90. The molecule has 0 aromatic carbocycles. The van der Waals surface area contributed by atoms with Crippen LogP contribution in [-0.4, -0.2) is 49.6 Å². The summed E-state index contributed by atoms with van der Waals surface area (Å²) in [5.41, 5.74) is 1.36. The molecule has 0 spiro atoms. The molecule has 3 rings (SSSR count). The molecule has 0 aliphatic carbocycles. The second-order valence-corrected chi connectivity index (χ2v) is 6.18. The van der Waals surface area contributed by atoms with E-state index in [0.29, 0.717) is 12.2 Å². The third-order valence-electron chi connectivity index (χ3n) is 3.94. The summed E-state index contributed by atoms with van der Waals surface area (Å²) in [5.74, 6) is 0.350. The lowest BCUT2D eigenvalue weighted by atomic mass is 9.97. The van der Waals surface area contributed by atoms with Gasteiger partial charge in [0.2, 0.25) is 0 Å². The summed E-state index contributed by atoms with van der Waals surface area (Å²) in [4.78, 5) is 16.0. The number of fused-ring (bicyclic) bond motifs is 1. The number of carbonyl (C=O) groups is 1. The Kier molecular flexibility index (Phi) is 4.28. The quantitative estimate of drug-likeness (QED) is 0.895. The van der Waals surface area contributed by atoms with Crippen LogP contribution in [0, 0.1) is 0 Å². The minimum atomic E-state index is 0.0168. The number of ketones is 1. The summed E-state index contributed by atoms with van der Waals surface area (Å²) in [6.45, 7) is 5.24. The molecule has 0 amide bonds. The number of nitrogens with zero attached hydrogens (tertiary/aromatic N) is 1. The fourth-order valence-electron chi connectivity index (χ4n) is 2.71. The van der Waals surface area contributed by atoms with Crippen LogP contribution in [0.15, 0.2) is 11.4 Å². The lowest BCUT2D eigenvalue weighted by molar-refractivity contribution is -0.121. The second kappa shape index (κ2) is 6.13. The first-order valence-corrected chi connectivity index (χ1v) is 7.82. The Morgan fingerprint density at radius 2 is 2.32 bits per heavy atom. The Hall–Kier alpha value is -0.750. The first kappa shape index (κ1) is 13.2. The van der Waals surface area contributed by atoms with E-state index in [1.165, 1.54) is 10.4 Å². The fourth-order valence-corrected chi connectivity index (χ4v) is 3.57. The normalized spacial score (nSPS) is 24.1. The molecule has 4 nitrogen and oxygen atoms in total. The van der Waals surface area contributed by atoms with Crippen molar-refractivity contribution in [3.05, 3.63) is 21.9 Å². The van der Waals surface area contributed by atoms with Crippen LogP contribution < -0.4 is 5.32 Å². The van der Waals surface area contributed by atoms with Crippen LogP contribution in [0.5, 0.6) is 0 Å². The first-order chi connectivity index (χ1) is 9.33. The van der Waals surface area contributed by atoms with Gasteiger partial charge in [0.05, 0.1) is 19.3 Å². The number of Topliss-reactive ketones (excluding diaryl/α,β-unsaturated/α-hetero) is 1. The van der Waals surface area contributed by atoms with Crippen molar-refractivity contribution < 1.29 is 9.53 Å². The van der Waals surface area contributed by atoms with Gasteiger partial charge in [-0.3, -0.25) is 9.69 Å². The molecule has 1 aromatic rings. The van der Waals surface area contributed by atoms with Gasteiger partial charge < -0.3 is 10.1 Å². The molecule has 1 fully saturated rings. The largest absolute Gasteiger partial charge is 0.379 e. The van der Waals surface area contributed by atoms with Crippen molar-refractivity contribution in [1.82, 2.24) is 10.2 Å². The number of rotatable bonds is 4. The van der Waals surface area contributed by atoms with E-state index in [-0.39, 0.29) is 6.04 Å². The van der Waals surface area contributed by atoms with Crippen LogP contribution in [0.2, 0.25) is 0 Å². The predicted octanol–water partition coefficient (Wildman–Crippen LogP) is 1.05. The molecule has 0 saturated carbocycles. The molecule has 0 radical (unpaired) electrons. The van der Waals surface area contributed by atoms with Gasteiger partial charge in [-0.1, -0.05) is 0 Å². The van der Waals surface area contributed by atoms with Gasteiger partial charge in [-0.2, -0.15) is 0 Å². The van der Waals surface area contributed by atoms with E-state index in [2.05, 4.69) is 21.7 Å². The number of nitrogens with one attached hydrogen (secondary N) is 1. The van der Waals surface area contributed by atoms with Crippen molar-refractivity contribution >= 4 is 17.1 Å². The van der Waals surface area contributed by atoms with E-state index in [1.54, 1.807) is 11.3 Å². The van der Waals surface area contributed by atoms with E-state index in [9.17, 15) is 4.79 Å². The zero-order valence-electron chi connectivity index (χ0n) is 11.1. The molecule has 1 atom stereocenters. The number of thiophene rings is 1. The zero-order chi connectivity index (χ0) is 13.1. The van der Waals surface area contributed by atoms with E-state index in [4.69, 9.17) is 4.74 Å². The highest BCUT2D eigenvalue weighted by atomic mass is 32.1. The van der Waals surface area contributed by atoms with E-state index < -0.39 is 0 Å². The maximum Gasteiger partial charge on any atom is 0.151 e. The molecule has 19 heavy (non-hydrogen) atoms. The summed E-state index contributed by atoms with van der Waals surface area (Å²) in [6.07, 6.45) is 1.51. The molecular formula is C14H20N2O2S. The minimum Gasteiger partial charge on any atom is -0.379 e. The molecule has 5 heteroatoms. The highest BCUT2D eigenvalue weighted by Gasteiger charge is 2.24. The first-order valence-electron chi connectivity index (χ1n) is 6.94. The average molecular weight is 280 g/mol. The summed E-state index contributed by atoms with van der Waals surface area (Å²) < 4.78 is 5.32. The van der Waals surface area contributed by atoms with Crippen molar-refractivity contribution in [3.63, 3.8) is 0 Å². The number of ether oxygens (including phenoxy) is 1. The van der Waals surface area contributed by atoms with Gasteiger partial charge in [-0.15, -0.1) is 11.3 Å². The lowest BCUT2D eigenvalue weighted by Gasteiger charge is -2.28. The van der Waals surface area contributed by atoms with Gasteiger partial charge in [0.1, 0.15) is 0 Å². The van der Waals surface area contributed by atoms with Crippen molar-refractivity contribution in [1.29, 1.82) is 0 Å².